The van der Waals surface area contributed by atoms with Crippen LogP contribution in [-0.4, -0.2) is 6.10 Å². The van der Waals surface area contributed by atoms with Crippen molar-refractivity contribution in [2.45, 2.75) is 20.0 Å². The van der Waals surface area contributed by atoms with Crippen molar-refractivity contribution in [1.29, 1.82) is 5.26 Å². The zero-order valence-electron chi connectivity index (χ0n) is 7.84. The second kappa shape index (κ2) is 4.43. The molecular weight excluding hydrogens is 249 g/mol. The van der Waals surface area contributed by atoms with Gasteiger partial charge in [-0.05, 0) is 41.9 Å². The van der Waals surface area contributed by atoms with Crippen molar-refractivity contribution < 1.29 is 9.13 Å². The summed E-state index contributed by atoms with van der Waals surface area (Å²) in [5.41, 5.74) is 0.208. The van der Waals surface area contributed by atoms with Crippen LogP contribution in [0.2, 0.25) is 0 Å². The minimum Gasteiger partial charge on any atom is -0.490 e. The first-order valence-electron chi connectivity index (χ1n) is 4.10. The summed E-state index contributed by atoms with van der Waals surface area (Å²) in [6, 6.07) is 4.50. The highest BCUT2D eigenvalue weighted by atomic mass is 79.9. The number of hydrogen-bond acceptors (Lipinski definition) is 2. The van der Waals surface area contributed by atoms with Gasteiger partial charge in [-0.3, -0.25) is 0 Å². The van der Waals surface area contributed by atoms with E-state index in [0.717, 1.165) is 6.07 Å². The largest absolute Gasteiger partial charge is 0.490 e. The minimum atomic E-state index is -0.461. The topological polar surface area (TPSA) is 33.0 Å². The summed E-state index contributed by atoms with van der Waals surface area (Å²) in [7, 11) is 0. The lowest BCUT2D eigenvalue weighted by Gasteiger charge is -2.11. The van der Waals surface area contributed by atoms with Crippen LogP contribution in [0, 0.1) is 17.1 Å². The molecule has 0 aliphatic rings. The molecule has 0 heterocycles. The predicted molar refractivity (Wildman–Crippen MR) is 54.6 cm³/mol. The third kappa shape index (κ3) is 2.46. The molecule has 0 saturated heterocycles. The third-order valence-corrected chi connectivity index (χ3v) is 2.11. The zero-order chi connectivity index (χ0) is 10.7. The van der Waals surface area contributed by atoms with Gasteiger partial charge in [-0.1, -0.05) is 0 Å². The van der Waals surface area contributed by atoms with Gasteiger partial charge in [0.25, 0.3) is 0 Å². The fourth-order valence-corrected chi connectivity index (χ4v) is 1.29. The highest BCUT2D eigenvalue weighted by molar-refractivity contribution is 9.10. The Bertz CT molecular complexity index is 384. The molecule has 0 amide bonds. The fourth-order valence-electron chi connectivity index (χ4n) is 0.967. The van der Waals surface area contributed by atoms with Crippen molar-refractivity contribution in [3.63, 3.8) is 0 Å². The molecule has 0 saturated carbocycles. The molecule has 0 spiro atoms. The smallest absolute Gasteiger partial charge is 0.138 e. The van der Waals surface area contributed by atoms with Crippen molar-refractivity contribution in [1.82, 2.24) is 0 Å². The average Bonchev–Trinajstić information content (AvgIpc) is 2.10. The average molecular weight is 258 g/mol. The van der Waals surface area contributed by atoms with Gasteiger partial charge in [0.15, 0.2) is 0 Å². The van der Waals surface area contributed by atoms with Gasteiger partial charge in [0.2, 0.25) is 0 Å². The molecule has 0 unspecified atom stereocenters. The molecule has 1 rings (SSSR count). The molecule has 2 nitrogen and oxygen atoms in total. The Morgan fingerprint density at radius 2 is 2.14 bits per heavy atom. The van der Waals surface area contributed by atoms with Crippen LogP contribution in [0.1, 0.15) is 19.4 Å². The van der Waals surface area contributed by atoms with Crippen molar-refractivity contribution >= 4 is 15.9 Å². The van der Waals surface area contributed by atoms with E-state index in [1.807, 2.05) is 19.9 Å². The Labute approximate surface area is 90.4 Å². The zero-order valence-corrected chi connectivity index (χ0v) is 9.43. The lowest BCUT2D eigenvalue weighted by atomic mass is 10.2. The highest BCUT2D eigenvalue weighted by Crippen LogP contribution is 2.26. The summed E-state index contributed by atoms with van der Waals surface area (Å²) < 4.78 is 18.7. The normalized spacial score (nSPS) is 10.0. The molecule has 1 aromatic carbocycles. The molecule has 4 heteroatoms. The van der Waals surface area contributed by atoms with Crippen LogP contribution < -0.4 is 4.74 Å². The molecule has 0 radical (unpaired) electrons. The first-order chi connectivity index (χ1) is 6.54. The van der Waals surface area contributed by atoms with Gasteiger partial charge < -0.3 is 4.74 Å². The van der Waals surface area contributed by atoms with E-state index in [2.05, 4.69) is 15.9 Å². The van der Waals surface area contributed by atoms with Crippen LogP contribution >= 0.6 is 15.9 Å². The van der Waals surface area contributed by atoms with Crippen LogP contribution in [0.25, 0.3) is 0 Å². The summed E-state index contributed by atoms with van der Waals surface area (Å²) >= 11 is 3.03. The standard InChI is InChI=1S/C10H9BrFNO/c1-6(2)14-10-4-8(11)9(12)3-7(10)5-13/h3-4,6H,1-2H3. The molecule has 0 aromatic heterocycles. The van der Waals surface area contributed by atoms with E-state index >= 15 is 0 Å². The van der Waals surface area contributed by atoms with Crippen molar-refractivity contribution in [3.05, 3.63) is 28.0 Å². The van der Waals surface area contributed by atoms with E-state index < -0.39 is 5.82 Å². The van der Waals surface area contributed by atoms with Gasteiger partial charge in [-0.25, -0.2) is 4.39 Å². The molecule has 0 atom stereocenters. The van der Waals surface area contributed by atoms with Gasteiger partial charge in [0.1, 0.15) is 17.6 Å². The number of hydrogen-bond donors (Lipinski definition) is 0. The molecule has 1 aromatic rings. The van der Waals surface area contributed by atoms with Crippen molar-refractivity contribution in [3.8, 4) is 11.8 Å². The van der Waals surface area contributed by atoms with Crippen LogP contribution in [-0.2, 0) is 0 Å². The van der Waals surface area contributed by atoms with Gasteiger partial charge in [-0.2, -0.15) is 5.26 Å². The summed E-state index contributed by atoms with van der Waals surface area (Å²) in [6.45, 7) is 3.69. The van der Waals surface area contributed by atoms with E-state index in [-0.39, 0.29) is 11.7 Å². The maximum Gasteiger partial charge on any atom is 0.138 e. The second-order valence-electron chi connectivity index (χ2n) is 3.04. The SMILES string of the molecule is CC(C)Oc1cc(Br)c(F)cc1C#N. The monoisotopic (exact) mass is 257 g/mol. The summed E-state index contributed by atoms with van der Waals surface area (Å²) in [5.74, 6) is -0.0616. The van der Waals surface area contributed by atoms with Gasteiger partial charge in [-0.15, -0.1) is 0 Å². The first-order valence-corrected chi connectivity index (χ1v) is 4.89. The number of nitriles is 1. The number of rotatable bonds is 2. The van der Waals surface area contributed by atoms with Crippen molar-refractivity contribution in [2.75, 3.05) is 0 Å². The molecule has 74 valence electrons. The number of ether oxygens (including phenoxy) is 1. The Morgan fingerprint density at radius 1 is 1.50 bits per heavy atom. The minimum absolute atomic E-state index is 0.0422. The predicted octanol–water partition coefficient (Wildman–Crippen LogP) is 3.25. The van der Waals surface area contributed by atoms with Crippen molar-refractivity contribution in [2.24, 2.45) is 0 Å². The maximum atomic E-state index is 13.0. The van der Waals surface area contributed by atoms with E-state index in [1.54, 1.807) is 0 Å². The van der Waals surface area contributed by atoms with E-state index in [1.165, 1.54) is 6.07 Å². The Balaban J connectivity index is 3.15. The van der Waals surface area contributed by atoms with Crippen LogP contribution in [0.3, 0.4) is 0 Å². The Kier molecular flexibility index (Phi) is 3.48. The highest BCUT2D eigenvalue weighted by Gasteiger charge is 2.10. The molecule has 0 N–H and O–H groups in total. The molecule has 0 fully saturated rings. The first kappa shape index (κ1) is 11.0. The molecule has 0 aliphatic carbocycles. The lowest BCUT2D eigenvalue weighted by Crippen LogP contribution is -2.07. The van der Waals surface area contributed by atoms with Crippen LogP contribution in [0.15, 0.2) is 16.6 Å². The van der Waals surface area contributed by atoms with Gasteiger partial charge in [0, 0.05) is 0 Å². The van der Waals surface area contributed by atoms with E-state index in [0.29, 0.717) is 10.2 Å². The summed E-state index contributed by atoms with van der Waals surface area (Å²) in [4.78, 5) is 0. The fraction of sp³-hybridized carbons (Fsp3) is 0.300. The van der Waals surface area contributed by atoms with Crippen LogP contribution in [0.4, 0.5) is 4.39 Å². The van der Waals surface area contributed by atoms with Crippen LogP contribution in [0.5, 0.6) is 5.75 Å². The number of halogens is 2. The quantitative estimate of drug-likeness (QED) is 0.815. The Morgan fingerprint density at radius 3 is 2.64 bits per heavy atom. The maximum absolute atomic E-state index is 13.0. The molecular formula is C10H9BrFNO. The summed E-state index contributed by atoms with van der Waals surface area (Å²) in [5, 5.41) is 8.73. The third-order valence-electron chi connectivity index (χ3n) is 1.51. The second-order valence-corrected chi connectivity index (χ2v) is 3.90. The number of nitrogens with zero attached hydrogens (tertiary/aromatic N) is 1. The van der Waals surface area contributed by atoms with Gasteiger partial charge in [0.05, 0.1) is 16.1 Å². The lowest BCUT2D eigenvalue weighted by molar-refractivity contribution is 0.241. The molecule has 0 bridgehead atoms. The van der Waals surface area contributed by atoms with E-state index in [9.17, 15) is 4.39 Å². The van der Waals surface area contributed by atoms with E-state index in [4.69, 9.17) is 10.00 Å². The number of benzene rings is 1. The summed E-state index contributed by atoms with van der Waals surface area (Å²) in [6.07, 6.45) is -0.0422. The molecule has 0 aliphatic heterocycles. The molecule has 14 heavy (non-hydrogen) atoms. The van der Waals surface area contributed by atoms with Gasteiger partial charge >= 0.3 is 0 Å². The Hall–Kier alpha value is -1.08.